The number of unbranched alkanes of at least 4 members (excludes halogenated alkanes) is 14. The number of benzene rings is 1. The Labute approximate surface area is 209 Å². The van der Waals surface area contributed by atoms with Crippen molar-refractivity contribution in [3.05, 3.63) is 28.8 Å². The Morgan fingerprint density at radius 1 is 0.853 bits per heavy atom. The van der Waals surface area contributed by atoms with Crippen LogP contribution in [0.5, 0.6) is 5.88 Å². The number of carbonyl (C=O) groups is 2. The minimum absolute atomic E-state index is 0.0655. The van der Waals surface area contributed by atoms with Gasteiger partial charge in [0.2, 0.25) is 5.88 Å². The van der Waals surface area contributed by atoms with E-state index in [2.05, 4.69) is 6.92 Å². The van der Waals surface area contributed by atoms with Crippen molar-refractivity contribution in [1.82, 2.24) is 4.57 Å². The van der Waals surface area contributed by atoms with Crippen LogP contribution in [0.4, 0.5) is 4.79 Å². The van der Waals surface area contributed by atoms with E-state index in [1.807, 2.05) is 0 Å². The van der Waals surface area contributed by atoms with E-state index < -0.39 is 6.16 Å². The van der Waals surface area contributed by atoms with E-state index in [9.17, 15) is 9.59 Å². The zero-order valence-corrected chi connectivity index (χ0v) is 21.8. The minimum atomic E-state index is -1.43. The van der Waals surface area contributed by atoms with Gasteiger partial charge >= 0.3 is 6.16 Å². The molecule has 0 saturated heterocycles. The topological polar surface area (TPSA) is 68.5 Å². The van der Waals surface area contributed by atoms with Crippen LogP contribution in [-0.4, -0.2) is 21.6 Å². The zero-order valence-electron chi connectivity index (χ0n) is 21.0. The molecule has 0 atom stereocenters. The van der Waals surface area contributed by atoms with Crippen molar-refractivity contribution in [2.24, 2.45) is 7.05 Å². The molecule has 190 valence electrons. The number of Topliss-reactive ketones (excluding diaryl/α,β-unsaturated/α-hetero) is 1. The lowest BCUT2D eigenvalue weighted by Gasteiger charge is -2.06. The lowest BCUT2D eigenvalue weighted by atomic mass is 10.0. The minimum Gasteiger partial charge on any atom is -0.449 e. The molecule has 2 rings (SSSR count). The van der Waals surface area contributed by atoms with E-state index in [0.717, 1.165) is 24.8 Å². The Bertz CT molecular complexity index is 905. The molecular formula is C28H42ClNO4. The van der Waals surface area contributed by atoms with Gasteiger partial charge in [0.1, 0.15) is 0 Å². The quantitative estimate of drug-likeness (QED) is 0.128. The van der Waals surface area contributed by atoms with Crippen LogP contribution in [0.15, 0.2) is 18.2 Å². The first kappa shape index (κ1) is 28.2. The SMILES string of the molecule is CCCCCCCCCCCCCCCCCC(=O)c1c(OC(=O)O)n(C)c2ccc(Cl)cc12. The monoisotopic (exact) mass is 491 g/mol. The third-order valence-electron chi connectivity index (χ3n) is 6.58. The van der Waals surface area contributed by atoms with E-state index in [0.29, 0.717) is 22.4 Å². The Kier molecular flexibility index (Phi) is 13.1. The smallest absolute Gasteiger partial charge is 0.449 e. The molecule has 0 aliphatic heterocycles. The standard InChI is InChI=1S/C28H42ClNO4/c1-3-4-5-6-7-8-9-10-11-12-13-14-15-16-17-18-25(31)26-23-21-22(29)19-20-24(23)30(2)27(26)34-28(32)33/h19-21H,3-18H2,1-2H3,(H,32,33). The number of rotatable bonds is 18. The lowest BCUT2D eigenvalue weighted by molar-refractivity contribution is 0.0975. The van der Waals surface area contributed by atoms with Crippen molar-refractivity contribution < 1.29 is 19.4 Å². The Morgan fingerprint density at radius 3 is 1.85 bits per heavy atom. The third-order valence-corrected chi connectivity index (χ3v) is 6.81. The number of carboxylic acid groups (broad SMARTS) is 1. The maximum atomic E-state index is 13.0. The van der Waals surface area contributed by atoms with Crippen LogP contribution in [0.3, 0.4) is 0 Å². The highest BCUT2D eigenvalue weighted by atomic mass is 35.5. The van der Waals surface area contributed by atoms with E-state index in [1.54, 1.807) is 29.8 Å². The van der Waals surface area contributed by atoms with Crippen LogP contribution in [0.2, 0.25) is 5.02 Å². The maximum absolute atomic E-state index is 13.0. The second kappa shape index (κ2) is 15.8. The molecule has 2 aromatic rings. The molecule has 1 N–H and O–H groups in total. The summed E-state index contributed by atoms with van der Waals surface area (Å²) in [6.45, 7) is 2.26. The number of hydrogen-bond acceptors (Lipinski definition) is 3. The number of aromatic nitrogens is 1. The van der Waals surface area contributed by atoms with Gasteiger partial charge in [-0.3, -0.25) is 4.79 Å². The molecule has 1 aromatic heterocycles. The van der Waals surface area contributed by atoms with Gasteiger partial charge in [0.25, 0.3) is 0 Å². The average Bonchev–Trinajstić information content (AvgIpc) is 3.06. The molecule has 6 heteroatoms. The first-order chi connectivity index (χ1) is 16.5. The van der Waals surface area contributed by atoms with Crippen molar-refractivity contribution in [1.29, 1.82) is 0 Å². The summed E-state index contributed by atoms with van der Waals surface area (Å²) in [5.41, 5.74) is 1.04. The number of fused-ring (bicyclic) bond motifs is 1. The van der Waals surface area contributed by atoms with E-state index >= 15 is 0 Å². The van der Waals surface area contributed by atoms with Crippen LogP contribution < -0.4 is 4.74 Å². The molecule has 0 amide bonds. The molecule has 0 radical (unpaired) electrons. The third kappa shape index (κ3) is 9.32. The number of ether oxygens (including phenoxy) is 1. The number of ketones is 1. The molecule has 34 heavy (non-hydrogen) atoms. The fourth-order valence-electron chi connectivity index (χ4n) is 4.65. The predicted molar refractivity (Wildman–Crippen MR) is 140 cm³/mol. The molecule has 0 aliphatic carbocycles. The molecule has 0 aliphatic rings. The molecule has 0 fully saturated rings. The fraction of sp³-hybridized carbons (Fsp3) is 0.643. The van der Waals surface area contributed by atoms with E-state index in [-0.39, 0.29) is 11.7 Å². The summed E-state index contributed by atoms with van der Waals surface area (Å²) in [6.07, 6.45) is 18.0. The zero-order chi connectivity index (χ0) is 24.8. The van der Waals surface area contributed by atoms with Crippen LogP contribution in [0, 0.1) is 0 Å². The summed E-state index contributed by atoms with van der Waals surface area (Å²) in [7, 11) is 1.69. The Balaban J connectivity index is 1.65. The fourth-order valence-corrected chi connectivity index (χ4v) is 4.82. The highest BCUT2D eigenvalue weighted by Gasteiger charge is 2.24. The van der Waals surface area contributed by atoms with Gasteiger partial charge in [-0.05, 0) is 24.6 Å². The summed E-state index contributed by atoms with van der Waals surface area (Å²) >= 11 is 6.13. The van der Waals surface area contributed by atoms with Gasteiger partial charge in [-0.1, -0.05) is 108 Å². The van der Waals surface area contributed by atoms with Crippen molar-refractivity contribution in [3.8, 4) is 5.88 Å². The lowest BCUT2D eigenvalue weighted by Crippen LogP contribution is -2.10. The van der Waals surface area contributed by atoms with Crippen LogP contribution in [-0.2, 0) is 7.05 Å². The Morgan fingerprint density at radius 2 is 1.35 bits per heavy atom. The number of hydrogen-bond donors (Lipinski definition) is 1. The molecule has 1 heterocycles. The largest absolute Gasteiger partial charge is 0.512 e. The first-order valence-corrected chi connectivity index (χ1v) is 13.6. The molecule has 0 saturated carbocycles. The normalized spacial score (nSPS) is 11.3. The van der Waals surface area contributed by atoms with Gasteiger partial charge in [0.15, 0.2) is 5.78 Å². The Hall–Kier alpha value is -2.01. The van der Waals surface area contributed by atoms with Crippen molar-refractivity contribution in [3.63, 3.8) is 0 Å². The molecule has 0 spiro atoms. The molecule has 0 unspecified atom stereocenters. The number of carbonyl (C=O) groups excluding carboxylic acids is 1. The van der Waals surface area contributed by atoms with Gasteiger partial charge in [0.05, 0.1) is 11.1 Å². The average molecular weight is 492 g/mol. The van der Waals surface area contributed by atoms with Gasteiger partial charge in [-0.2, -0.15) is 0 Å². The van der Waals surface area contributed by atoms with E-state index in [4.69, 9.17) is 21.4 Å². The first-order valence-electron chi connectivity index (χ1n) is 13.2. The number of nitrogens with zero attached hydrogens (tertiary/aromatic N) is 1. The highest BCUT2D eigenvalue weighted by molar-refractivity contribution is 6.31. The summed E-state index contributed by atoms with van der Waals surface area (Å²) < 4.78 is 6.56. The predicted octanol–water partition coefficient (Wildman–Crippen LogP) is 9.33. The van der Waals surface area contributed by atoms with Crippen molar-refractivity contribution in [2.45, 2.75) is 110 Å². The van der Waals surface area contributed by atoms with Crippen LogP contribution in [0.25, 0.3) is 10.9 Å². The van der Waals surface area contributed by atoms with E-state index in [1.165, 1.54) is 77.0 Å². The number of aryl methyl sites for hydroxylation is 1. The molecule has 0 bridgehead atoms. The molecule has 5 nitrogen and oxygen atoms in total. The number of halogens is 1. The second-order valence-corrected chi connectivity index (χ2v) is 9.83. The second-order valence-electron chi connectivity index (χ2n) is 9.39. The van der Waals surface area contributed by atoms with Gasteiger partial charge in [0, 0.05) is 23.9 Å². The summed E-state index contributed by atoms with van der Waals surface area (Å²) in [6, 6.07) is 5.19. The van der Waals surface area contributed by atoms with Gasteiger partial charge in [-0.25, -0.2) is 4.79 Å². The summed E-state index contributed by atoms with van der Waals surface area (Å²) in [5.74, 6) is -0.0328. The van der Waals surface area contributed by atoms with Gasteiger partial charge in [-0.15, -0.1) is 0 Å². The maximum Gasteiger partial charge on any atom is 0.512 e. The van der Waals surface area contributed by atoms with Gasteiger partial charge < -0.3 is 14.4 Å². The summed E-state index contributed by atoms with van der Waals surface area (Å²) in [4.78, 5) is 24.2. The van der Waals surface area contributed by atoms with Crippen molar-refractivity contribution in [2.75, 3.05) is 0 Å². The van der Waals surface area contributed by atoms with Crippen LogP contribution >= 0.6 is 11.6 Å². The van der Waals surface area contributed by atoms with Crippen LogP contribution in [0.1, 0.15) is 120 Å². The highest BCUT2D eigenvalue weighted by Crippen LogP contribution is 2.34. The molecular weight excluding hydrogens is 450 g/mol. The molecule has 1 aromatic carbocycles. The van der Waals surface area contributed by atoms with Crippen molar-refractivity contribution >= 4 is 34.4 Å². The summed E-state index contributed by atoms with van der Waals surface area (Å²) in [5, 5.41) is 10.3.